The van der Waals surface area contributed by atoms with Crippen LogP contribution in [0.3, 0.4) is 0 Å². The number of ether oxygens (including phenoxy) is 1. The molecule has 3 unspecified atom stereocenters. The van der Waals surface area contributed by atoms with Crippen LogP contribution < -0.4 is 16.0 Å². The van der Waals surface area contributed by atoms with Crippen molar-refractivity contribution in [1.82, 2.24) is 60.0 Å². The van der Waals surface area contributed by atoms with E-state index in [1.54, 1.807) is 19.9 Å². The molecule has 8 rings (SSSR count). The molecular formula is C76H120Cl2F2N12O13. The summed E-state index contributed by atoms with van der Waals surface area (Å²) in [4.78, 5) is 195. The van der Waals surface area contributed by atoms with Crippen molar-refractivity contribution in [2.75, 3.05) is 82.1 Å². The molecular weight excluding hydrogens is 1400 g/mol. The lowest BCUT2D eigenvalue weighted by atomic mass is 9.58. The summed E-state index contributed by atoms with van der Waals surface area (Å²) in [5.74, 6) is -11.9. The van der Waals surface area contributed by atoms with E-state index in [4.69, 9.17) is 27.9 Å². The molecule has 0 aromatic rings. The van der Waals surface area contributed by atoms with Gasteiger partial charge in [-0.3, -0.25) is 57.5 Å². The van der Waals surface area contributed by atoms with Gasteiger partial charge >= 0.3 is 0 Å². The molecule has 0 aromatic heterocycles. The highest BCUT2D eigenvalue weighted by molar-refractivity contribution is 6.30. The van der Waals surface area contributed by atoms with Gasteiger partial charge in [-0.15, -0.1) is 23.2 Å². The van der Waals surface area contributed by atoms with E-state index in [1.807, 2.05) is 33.8 Å². The van der Waals surface area contributed by atoms with E-state index in [0.29, 0.717) is 64.2 Å². The van der Waals surface area contributed by atoms with Gasteiger partial charge in [0.1, 0.15) is 60.4 Å². The third-order valence-electron chi connectivity index (χ3n) is 24.0. The monoisotopic (exact) mass is 1520 g/mol. The second-order valence-electron chi connectivity index (χ2n) is 32.8. The van der Waals surface area contributed by atoms with Crippen LogP contribution >= 0.6 is 23.2 Å². The van der Waals surface area contributed by atoms with Crippen LogP contribution in [0.1, 0.15) is 202 Å². The second-order valence-corrected chi connectivity index (χ2v) is 33.9. The van der Waals surface area contributed by atoms with Gasteiger partial charge < -0.3 is 64.8 Å². The highest BCUT2D eigenvalue weighted by Crippen LogP contribution is 2.50. The quantitative estimate of drug-likeness (QED) is 0.124. The van der Waals surface area contributed by atoms with Gasteiger partial charge in [-0.2, -0.15) is 0 Å². The standard InChI is InChI=1S/C76H120Cl2F2N12O13/c1-14-22-55-65(96)82-63(46(4)15-2)71(102)91(50-28-29-50)43-62(95)87(11)56-25-18-17-21-36-90(70(56)101)59(38-48-32-34-76(79,80)35-33-48)69(100)85(9)42-60(93)81-54(31-27-47-26-30-52(77)53(78)37-47)67(98)92-41-51(105-16-3)39-57(92)66(97)83-75(44-74(5,6)45-75)73(104)89(13)64(49-23-19-20-24-49)72(103)88(12)58(68(99)84(7)8)40-61(94)86(55)10/h17-18,46-59,63-64H,14-16,19-45H2,1-13H3,(H,81,93)(H,82,96)(H,83,97)/b18-17-/t46-,47?,51+,52?,53?,54-,55-,56-,57-,58-,59-,63-,64-/m0/s1. The van der Waals surface area contributed by atoms with Crippen LogP contribution in [0.4, 0.5) is 8.78 Å². The number of carbonyl (C=O) groups is 12. The molecule has 3 N–H and O–H groups in total. The van der Waals surface area contributed by atoms with Gasteiger partial charge in [0.05, 0.1) is 24.4 Å². The van der Waals surface area contributed by atoms with E-state index < -0.39 is 198 Å². The fourth-order valence-electron chi connectivity index (χ4n) is 17.6. The van der Waals surface area contributed by atoms with Gasteiger partial charge in [-0.05, 0) is 145 Å². The van der Waals surface area contributed by atoms with Crippen LogP contribution in [0, 0.1) is 29.1 Å². The van der Waals surface area contributed by atoms with E-state index in [2.05, 4.69) is 16.0 Å². The maximum Gasteiger partial charge on any atom is 0.248 e. The molecule has 13 atom stereocenters. The normalized spacial score (nSPS) is 32.0. The summed E-state index contributed by atoms with van der Waals surface area (Å²) < 4.78 is 35.9. The highest BCUT2D eigenvalue weighted by Gasteiger charge is 2.59. The van der Waals surface area contributed by atoms with Crippen LogP contribution in [-0.2, 0) is 62.3 Å². The average Bonchev–Trinajstić information content (AvgIpc) is 1.21. The zero-order valence-corrected chi connectivity index (χ0v) is 66.0. The van der Waals surface area contributed by atoms with Crippen molar-refractivity contribution in [2.45, 2.75) is 285 Å². The molecule has 2 saturated heterocycles. The number of nitrogens with zero attached hydrogens (tertiary/aromatic N) is 9. The van der Waals surface area contributed by atoms with E-state index >= 15 is 33.6 Å². The van der Waals surface area contributed by atoms with Crippen LogP contribution in [0.25, 0.3) is 0 Å². The smallest absolute Gasteiger partial charge is 0.248 e. The van der Waals surface area contributed by atoms with Gasteiger partial charge in [0.15, 0.2) is 0 Å². The molecule has 1 spiro atoms. The molecule has 0 aromatic carbocycles. The van der Waals surface area contributed by atoms with Crippen LogP contribution in [0.15, 0.2) is 12.2 Å². The third kappa shape index (κ3) is 20.6. The minimum atomic E-state index is -2.92. The Morgan fingerprint density at radius 1 is 0.667 bits per heavy atom. The number of fused-ring (bicyclic) bond motifs is 3. The molecule has 3 heterocycles. The summed E-state index contributed by atoms with van der Waals surface area (Å²) in [6.07, 6.45) is 9.06. The van der Waals surface area contributed by atoms with Gasteiger partial charge in [-0.1, -0.05) is 72.5 Å². The van der Waals surface area contributed by atoms with Crippen molar-refractivity contribution in [3.63, 3.8) is 0 Å². The van der Waals surface area contributed by atoms with Crippen LogP contribution in [0.5, 0.6) is 0 Å². The Balaban J connectivity index is 1.21. The lowest BCUT2D eigenvalue weighted by Crippen LogP contribution is -2.71. The number of alkyl halides is 4. The first-order valence-electron chi connectivity index (χ1n) is 38.7. The van der Waals surface area contributed by atoms with Crippen LogP contribution in [0.2, 0.25) is 0 Å². The zero-order valence-electron chi connectivity index (χ0n) is 64.4. The summed E-state index contributed by atoms with van der Waals surface area (Å²) >= 11 is 13.3. The van der Waals surface area contributed by atoms with Crippen molar-refractivity contribution in [2.24, 2.45) is 29.1 Å². The molecule has 2 bridgehead atoms. The largest absolute Gasteiger partial charge is 0.377 e. The Morgan fingerprint density at radius 3 is 1.93 bits per heavy atom. The maximum atomic E-state index is 15.8. The van der Waals surface area contributed by atoms with Crippen LogP contribution in [-0.4, -0.2) is 280 Å². The first kappa shape index (κ1) is 84.4. The number of amides is 12. The Morgan fingerprint density at radius 2 is 1.33 bits per heavy atom. The molecule has 8 aliphatic rings. The molecule has 5 aliphatic carbocycles. The molecule has 5 saturated carbocycles. The number of rotatable bonds is 14. The molecule has 590 valence electrons. The molecule has 29 heteroatoms. The lowest BCUT2D eigenvalue weighted by Gasteiger charge is -2.54. The SMILES string of the molecule is CCC[C@H]1C(=O)N[C@@H]([C@@H](C)CC)C(=O)N(C2CC2)CC(=O)N(C)[C@H]2C/C=C\CCN(C2=O)[C@@H](CC2CCC(F)(F)CC2)C(=O)N(C)CC(=O)N[C@@H](CCC2CCC(Cl)C(Cl)C2)C(=O)N2C[C@H](OCC)C[C@H]2C(=O)NC2(CC(C)(C)C2)C(=O)N(C)[C@@H](C2CCCC2)C(=O)N(C)[C@H](C(=O)N(C)C)CC(=O)N1C. The molecule has 3 aliphatic heterocycles. The third-order valence-corrected chi connectivity index (χ3v) is 25.1. The van der Waals surface area contributed by atoms with E-state index in [0.717, 1.165) is 17.7 Å². The minimum absolute atomic E-state index is 0.00560. The highest BCUT2D eigenvalue weighted by atomic mass is 35.5. The summed E-state index contributed by atoms with van der Waals surface area (Å²) in [5.41, 5.74) is -2.10. The zero-order chi connectivity index (χ0) is 77.3. The predicted octanol–water partition coefficient (Wildman–Crippen LogP) is 6.48. The molecule has 25 nitrogen and oxygen atoms in total. The number of halogens is 4. The van der Waals surface area contributed by atoms with Gasteiger partial charge in [-0.25, -0.2) is 8.78 Å². The van der Waals surface area contributed by atoms with E-state index in [9.17, 15) is 32.8 Å². The number of hydrogen-bond donors (Lipinski definition) is 3. The Labute approximate surface area is 630 Å². The summed E-state index contributed by atoms with van der Waals surface area (Å²) in [7, 11) is 10.2. The van der Waals surface area contributed by atoms with Gasteiger partial charge in [0.25, 0.3) is 0 Å². The van der Waals surface area contributed by atoms with Crippen molar-refractivity contribution >= 4 is 94.1 Å². The lowest BCUT2D eigenvalue weighted by molar-refractivity contribution is -0.161. The molecule has 0 radical (unpaired) electrons. The second kappa shape index (κ2) is 36.3. The molecule has 12 amide bonds. The summed E-state index contributed by atoms with van der Waals surface area (Å²) in [6.45, 7) is 10.2. The van der Waals surface area contributed by atoms with Gasteiger partial charge in [0, 0.05) is 99.7 Å². The Kier molecular flexibility index (Phi) is 29.2. The number of hydrogen-bond acceptors (Lipinski definition) is 13. The Hall–Kier alpha value is -6.22. The first-order valence-corrected chi connectivity index (χ1v) is 39.6. The first-order chi connectivity index (χ1) is 49.5. The molecule has 105 heavy (non-hydrogen) atoms. The van der Waals surface area contributed by atoms with Crippen molar-refractivity contribution in [3.05, 3.63) is 12.2 Å². The summed E-state index contributed by atoms with van der Waals surface area (Å²) in [5, 5.41) is 8.41. The van der Waals surface area contributed by atoms with Crippen molar-refractivity contribution < 1.29 is 71.1 Å². The minimum Gasteiger partial charge on any atom is -0.377 e. The predicted molar refractivity (Wildman–Crippen MR) is 393 cm³/mol. The number of nitrogens with one attached hydrogen (secondary N) is 3. The van der Waals surface area contributed by atoms with Crippen molar-refractivity contribution in [1.29, 1.82) is 0 Å². The van der Waals surface area contributed by atoms with E-state index in [1.165, 1.54) is 88.5 Å². The maximum absolute atomic E-state index is 15.8. The molecule has 7 fully saturated rings. The Bertz CT molecular complexity index is 3170. The van der Waals surface area contributed by atoms with E-state index in [-0.39, 0.29) is 101 Å². The fourth-order valence-corrected chi connectivity index (χ4v) is 18.2. The number of likely N-dealkylation sites (N-methyl/N-ethyl adjacent to an activating group) is 6. The topological polar surface area (TPSA) is 279 Å². The summed E-state index contributed by atoms with van der Waals surface area (Å²) in [6, 6.07) is -10.5. The van der Waals surface area contributed by atoms with Crippen molar-refractivity contribution in [3.8, 4) is 0 Å². The average molecular weight is 1520 g/mol. The van der Waals surface area contributed by atoms with Gasteiger partial charge in [0.2, 0.25) is 76.8 Å². The fraction of sp³-hybridized carbons (Fsp3) is 0.816. The number of carbonyl (C=O) groups excluding carboxylic acids is 12.